The maximum Gasteiger partial charge on any atom is 0.273 e. The summed E-state index contributed by atoms with van der Waals surface area (Å²) in [5.74, 6) is -0.182. The van der Waals surface area contributed by atoms with Gasteiger partial charge in [0.2, 0.25) is 0 Å². The molecule has 1 fully saturated rings. The Hall–Kier alpha value is -1.47. The molecule has 1 aliphatic rings. The number of benzene rings is 1. The molecule has 1 amide bonds. The molecule has 1 aliphatic heterocycles. The highest BCUT2D eigenvalue weighted by Gasteiger charge is 2.31. The van der Waals surface area contributed by atoms with Crippen molar-refractivity contribution >= 4 is 27.5 Å². The SMILES string of the molecule is Cc1c(C(=O)N2CC(CBr)OCC2C)cccc1[N+](=O)[O-]. The molecule has 0 radical (unpaired) electrons. The lowest BCUT2D eigenvalue weighted by Gasteiger charge is -2.37. The second kappa shape index (κ2) is 6.53. The first-order chi connectivity index (χ1) is 9.95. The van der Waals surface area contributed by atoms with Crippen molar-refractivity contribution in [1.29, 1.82) is 0 Å². The van der Waals surface area contributed by atoms with Crippen molar-refractivity contribution in [3.05, 3.63) is 39.4 Å². The van der Waals surface area contributed by atoms with Gasteiger partial charge in [0.05, 0.1) is 23.7 Å². The molecule has 7 heteroatoms. The maximum absolute atomic E-state index is 12.7. The molecule has 1 heterocycles. The number of morpholine rings is 1. The Balaban J connectivity index is 2.31. The van der Waals surface area contributed by atoms with Crippen molar-refractivity contribution in [2.24, 2.45) is 0 Å². The number of amides is 1. The maximum atomic E-state index is 12.7. The smallest absolute Gasteiger partial charge is 0.273 e. The zero-order valence-electron chi connectivity index (χ0n) is 11.9. The van der Waals surface area contributed by atoms with E-state index >= 15 is 0 Å². The molecule has 2 atom stereocenters. The lowest BCUT2D eigenvalue weighted by Crippen LogP contribution is -2.51. The molecule has 1 aromatic carbocycles. The van der Waals surface area contributed by atoms with Crippen LogP contribution in [0.3, 0.4) is 0 Å². The van der Waals surface area contributed by atoms with Crippen LogP contribution in [-0.2, 0) is 4.74 Å². The lowest BCUT2D eigenvalue weighted by atomic mass is 10.0. The largest absolute Gasteiger partial charge is 0.373 e. The molecule has 114 valence electrons. The van der Waals surface area contributed by atoms with E-state index in [9.17, 15) is 14.9 Å². The summed E-state index contributed by atoms with van der Waals surface area (Å²) < 4.78 is 5.60. The van der Waals surface area contributed by atoms with E-state index in [0.717, 1.165) is 0 Å². The fourth-order valence-electron chi connectivity index (χ4n) is 2.40. The van der Waals surface area contributed by atoms with Gasteiger partial charge in [-0.1, -0.05) is 22.0 Å². The van der Waals surface area contributed by atoms with Gasteiger partial charge in [-0.05, 0) is 19.9 Å². The molecule has 6 nitrogen and oxygen atoms in total. The van der Waals surface area contributed by atoms with Gasteiger partial charge in [0.15, 0.2) is 0 Å². The minimum absolute atomic E-state index is 0.0289. The third kappa shape index (κ3) is 3.24. The molecule has 0 aromatic heterocycles. The highest BCUT2D eigenvalue weighted by molar-refractivity contribution is 9.09. The van der Waals surface area contributed by atoms with Crippen molar-refractivity contribution in [2.45, 2.75) is 26.0 Å². The Morgan fingerprint density at radius 3 is 2.90 bits per heavy atom. The van der Waals surface area contributed by atoms with Crippen LogP contribution in [0.25, 0.3) is 0 Å². The predicted molar refractivity (Wildman–Crippen MR) is 81.9 cm³/mol. The normalized spacial score (nSPS) is 22.1. The monoisotopic (exact) mass is 356 g/mol. The minimum atomic E-state index is -0.462. The molecule has 0 aliphatic carbocycles. The van der Waals surface area contributed by atoms with Crippen LogP contribution in [0.15, 0.2) is 18.2 Å². The number of nitro benzene ring substituents is 1. The first-order valence-electron chi connectivity index (χ1n) is 6.68. The Morgan fingerprint density at radius 2 is 2.29 bits per heavy atom. The number of hydrogen-bond donors (Lipinski definition) is 0. The minimum Gasteiger partial charge on any atom is -0.373 e. The number of carbonyl (C=O) groups excluding carboxylic acids is 1. The Bertz CT molecular complexity index is 564. The van der Waals surface area contributed by atoms with Gasteiger partial charge in [0.25, 0.3) is 11.6 Å². The van der Waals surface area contributed by atoms with Gasteiger partial charge >= 0.3 is 0 Å². The van der Waals surface area contributed by atoms with E-state index in [4.69, 9.17) is 4.74 Å². The standard InChI is InChI=1S/C14H17BrN2O4/c1-9-8-21-11(6-15)7-16(9)14(18)12-4-3-5-13(10(12)2)17(19)20/h3-5,9,11H,6-8H2,1-2H3. The Morgan fingerprint density at radius 1 is 1.57 bits per heavy atom. The summed E-state index contributed by atoms with van der Waals surface area (Å²) >= 11 is 3.36. The van der Waals surface area contributed by atoms with E-state index < -0.39 is 4.92 Å². The number of carbonyl (C=O) groups is 1. The number of hydrogen-bond acceptors (Lipinski definition) is 4. The number of halogens is 1. The molecular formula is C14H17BrN2O4. The number of nitrogens with zero attached hydrogens (tertiary/aromatic N) is 2. The van der Waals surface area contributed by atoms with Crippen LogP contribution in [-0.4, -0.2) is 46.4 Å². The fraction of sp³-hybridized carbons (Fsp3) is 0.500. The summed E-state index contributed by atoms with van der Waals surface area (Å²) in [6.07, 6.45) is -0.0517. The quantitative estimate of drug-likeness (QED) is 0.473. The van der Waals surface area contributed by atoms with Gasteiger partial charge in [-0.3, -0.25) is 14.9 Å². The average molecular weight is 357 g/mol. The third-order valence-corrected chi connectivity index (χ3v) is 4.39. The number of nitro groups is 1. The van der Waals surface area contributed by atoms with Gasteiger partial charge in [0, 0.05) is 29.1 Å². The van der Waals surface area contributed by atoms with Crippen molar-refractivity contribution in [3.8, 4) is 0 Å². The van der Waals surface area contributed by atoms with Gasteiger partial charge in [0.1, 0.15) is 0 Å². The Labute approximate surface area is 131 Å². The van der Waals surface area contributed by atoms with Crippen LogP contribution in [0, 0.1) is 17.0 Å². The van der Waals surface area contributed by atoms with E-state index in [1.165, 1.54) is 6.07 Å². The zero-order chi connectivity index (χ0) is 15.6. The van der Waals surface area contributed by atoms with Crippen LogP contribution < -0.4 is 0 Å². The molecular weight excluding hydrogens is 340 g/mol. The second-order valence-electron chi connectivity index (χ2n) is 5.12. The lowest BCUT2D eigenvalue weighted by molar-refractivity contribution is -0.385. The van der Waals surface area contributed by atoms with Gasteiger partial charge in [-0.15, -0.1) is 0 Å². The van der Waals surface area contributed by atoms with Gasteiger partial charge in [-0.2, -0.15) is 0 Å². The number of rotatable bonds is 3. The first-order valence-corrected chi connectivity index (χ1v) is 7.80. The van der Waals surface area contributed by atoms with Crippen molar-refractivity contribution in [2.75, 3.05) is 18.5 Å². The second-order valence-corrected chi connectivity index (χ2v) is 5.77. The molecule has 0 saturated carbocycles. The fourth-order valence-corrected chi connectivity index (χ4v) is 2.79. The summed E-state index contributed by atoms with van der Waals surface area (Å²) in [5, 5.41) is 11.6. The van der Waals surface area contributed by atoms with Crippen LogP contribution in [0.1, 0.15) is 22.8 Å². The summed E-state index contributed by atoms with van der Waals surface area (Å²) in [4.78, 5) is 25.0. The van der Waals surface area contributed by atoms with Crippen LogP contribution >= 0.6 is 15.9 Å². The third-order valence-electron chi connectivity index (χ3n) is 3.67. The number of alkyl halides is 1. The van der Waals surface area contributed by atoms with Crippen molar-refractivity contribution in [1.82, 2.24) is 4.90 Å². The average Bonchev–Trinajstić information content (AvgIpc) is 2.47. The summed E-state index contributed by atoms with van der Waals surface area (Å²) in [6, 6.07) is 4.55. The highest BCUT2D eigenvalue weighted by atomic mass is 79.9. The molecule has 2 unspecified atom stereocenters. The van der Waals surface area contributed by atoms with Crippen molar-refractivity contribution in [3.63, 3.8) is 0 Å². The molecule has 0 N–H and O–H groups in total. The van der Waals surface area contributed by atoms with Crippen LogP contribution in [0.5, 0.6) is 0 Å². The van der Waals surface area contributed by atoms with E-state index in [1.807, 2.05) is 6.92 Å². The molecule has 21 heavy (non-hydrogen) atoms. The molecule has 0 bridgehead atoms. The van der Waals surface area contributed by atoms with Gasteiger partial charge in [-0.25, -0.2) is 0 Å². The molecule has 1 saturated heterocycles. The van der Waals surface area contributed by atoms with E-state index in [2.05, 4.69) is 15.9 Å². The summed E-state index contributed by atoms with van der Waals surface area (Å²) in [6.45, 7) is 4.47. The predicted octanol–water partition coefficient (Wildman–Crippen LogP) is 2.53. The summed E-state index contributed by atoms with van der Waals surface area (Å²) in [7, 11) is 0. The molecule has 2 rings (SSSR count). The topological polar surface area (TPSA) is 72.7 Å². The van der Waals surface area contributed by atoms with Crippen molar-refractivity contribution < 1.29 is 14.5 Å². The highest BCUT2D eigenvalue weighted by Crippen LogP contribution is 2.24. The number of ether oxygens (including phenoxy) is 1. The first kappa shape index (κ1) is 15.9. The van der Waals surface area contributed by atoms with E-state index in [0.29, 0.717) is 29.6 Å². The van der Waals surface area contributed by atoms with Gasteiger partial charge < -0.3 is 9.64 Å². The zero-order valence-corrected chi connectivity index (χ0v) is 13.5. The summed E-state index contributed by atoms with van der Waals surface area (Å²) in [5.41, 5.74) is 0.756. The van der Waals surface area contributed by atoms with Crippen LogP contribution in [0.4, 0.5) is 5.69 Å². The molecule has 1 aromatic rings. The molecule has 0 spiro atoms. The Kier molecular flexibility index (Phi) is 4.95. The van der Waals surface area contributed by atoms with E-state index in [-0.39, 0.29) is 23.7 Å². The van der Waals surface area contributed by atoms with Crippen LogP contribution in [0.2, 0.25) is 0 Å². The van der Waals surface area contributed by atoms with E-state index in [1.54, 1.807) is 24.0 Å².